The Labute approximate surface area is 129 Å². The lowest BCUT2D eigenvalue weighted by atomic mass is 10.4. The molecule has 0 saturated carbocycles. The van der Waals surface area contributed by atoms with Crippen LogP contribution in [0.5, 0.6) is 0 Å². The first-order chi connectivity index (χ1) is 9.83. The van der Waals surface area contributed by atoms with Crippen molar-refractivity contribution >= 4 is 24.0 Å². The zero-order chi connectivity index (χ0) is 13.8. The molecule has 114 valence electrons. The molecule has 3 heterocycles. The van der Waals surface area contributed by atoms with Crippen molar-refractivity contribution in [1.82, 2.24) is 19.6 Å². The molecule has 1 aliphatic heterocycles. The van der Waals surface area contributed by atoms with Crippen LogP contribution in [0, 0.1) is 0 Å². The summed E-state index contributed by atoms with van der Waals surface area (Å²) >= 11 is 0. The third kappa shape index (κ3) is 3.93. The molecule has 3 rings (SSSR count). The van der Waals surface area contributed by atoms with Crippen LogP contribution in [-0.2, 0) is 4.74 Å². The lowest BCUT2D eigenvalue weighted by Crippen LogP contribution is -2.41. The maximum absolute atomic E-state index is 12.0. The molecule has 21 heavy (non-hydrogen) atoms. The lowest BCUT2D eigenvalue weighted by molar-refractivity contribution is 0.0383. The summed E-state index contributed by atoms with van der Waals surface area (Å²) in [6, 6.07) is 5.70. The van der Waals surface area contributed by atoms with Crippen molar-refractivity contribution in [2.75, 3.05) is 39.4 Å². The van der Waals surface area contributed by atoms with Gasteiger partial charge in [0.05, 0.1) is 13.2 Å². The van der Waals surface area contributed by atoms with Crippen LogP contribution in [0.3, 0.4) is 0 Å². The topological polar surface area (TPSA) is 58.9 Å². The van der Waals surface area contributed by atoms with Gasteiger partial charge in [0.15, 0.2) is 0 Å². The second kappa shape index (κ2) is 7.40. The van der Waals surface area contributed by atoms with Crippen molar-refractivity contribution in [3.8, 4) is 0 Å². The Hall–Kier alpha value is -1.63. The zero-order valence-corrected chi connectivity index (χ0v) is 12.5. The van der Waals surface area contributed by atoms with Crippen molar-refractivity contribution in [3.05, 3.63) is 36.3 Å². The summed E-state index contributed by atoms with van der Waals surface area (Å²) in [4.78, 5) is 18.6. The van der Waals surface area contributed by atoms with Crippen LogP contribution in [0.2, 0.25) is 0 Å². The second-order valence-electron chi connectivity index (χ2n) is 4.80. The van der Waals surface area contributed by atoms with Gasteiger partial charge in [-0.15, -0.1) is 12.4 Å². The summed E-state index contributed by atoms with van der Waals surface area (Å²) in [5.74, 6) is -0.123. The number of hydrogen-bond donors (Lipinski definition) is 1. The Bertz CT molecular complexity index is 562. The van der Waals surface area contributed by atoms with E-state index >= 15 is 0 Å². The number of hydrogen-bond acceptors (Lipinski definition) is 4. The Morgan fingerprint density at radius 2 is 2.14 bits per heavy atom. The maximum Gasteiger partial charge on any atom is 0.271 e. The normalized spacial score (nSPS) is 15.6. The number of nitrogens with zero attached hydrogens (tertiary/aromatic N) is 3. The zero-order valence-electron chi connectivity index (χ0n) is 11.7. The molecular weight excluding hydrogens is 292 g/mol. The quantitative estimate of drug-likeness (QED) is 0.908. The number of fused-ring (bicyclic) bond motifs is 1. The van der Waals surface area contributed by atoms with Gasteiger partial charge in [-0.25, -0.2) is 4.98 Å². The summed E-state index contributed by atoms with van der Waals surface area (Å²) in [6.45, 7) is 4.91. The van der Waals surface area contributed by atoms with E-state index < -0.39 is 0 Å². The smallest absolute Gasteiger partial charge is 0.271 e. The van der Waals surface area contributed by atoms with Crippen molar-refractivity contribution in [2.24, 2.45) is 0 Å². The van der Waals surface area contributed by atoms with Gasteiger partial charge in [0.2, 0.25) is 0 Å². The predicted octanol–water partition coefficient (Wildman–Crippen LogP) is 0.818. The van der Waals surface area contributed by atoms with E-state index in [0.717, 1.165) is 38.5 Å². The third-order valence-electron chi connectivity index (χ3n) is 3.41. The molecule has 6 nitrogen and oxygen atoms in total. The summed E-state index contributed by atoms with van der Waals surface area (Å²) in [5.41, 5.74) is 1.24. The van der Waals surface area contributed by atoms with Gasteiger partial charge >= 0.3 is 0 Å². The Balaban J connectivity index is 0.00000161. The molecule has 1 saturated heterocycles. The molecule has 0 spiro atoms. The average Bonchev–Trinajstić information content (AvgIpc) is 2.92. The fourth-order valence-electron chi connectivity index (χ4n) is 2.29. The van der Waals surface area contributed by atoms with Gasteiger partial charge in [0.1, 0.15) is 11.3 Å². The van der Waals surface area contributed by atoms with E-state index in [0.29, 0.717) is 12.2 Å². The number of halogens is 1. The molecular formula is C14H19ClN4O2. The highest BCUT2D eigenvalue weighted by molar-refractivity contribution is 5.92. The number of rotatable bonds is 4. The number of pyridine rings is 1. The van der Waals surface area contributed by atoms with E-state index in [1.807, 2.05) is 28.8 Å². The van der Waals surface area contributed by atoms with Gasteiger partial charge in [-0.3, -0.25) is 9.69 Å². The molecule has 2 aromatic rings. The summed E-state index contributed by atoms with van der Waals surface area (Å²) in [5, 5.41) is 2.91. The minimum absolute atomic E-state index is 0. The minimum atomic E-state index is -0.123. The third-order valence-corrected chi connectivity index (χ3v) is 3.41. The number of ether oxygens (including phenoxy) is 1. The van der Waals surface area contributed by atoms with E-state index in [2.05, 4.69) is 15.2 Å². The number of morpholine rings is 1. The molecule has 0 unspecified atom stereocenters. The molecule has 1 aliphatic rings. The molecule has 1 N–H and O–H groups in total. The first-order valence-electron chi connectivity index (χ1n) is 6.85. The summed E-state index contributed by atoms with van der Waals surface area (Å²) in [6.07, 6.45) is 3.63. The van der Waals surface area contributed by atoms with Crippen LogP contribution in [0.25, 0.3) is 5.65 Å². The summed E-state index contributed by atoms with van der Waals surface area (Å²) < 4.78 is 7.13. The van der Waals surface area contributed by atoms with Crippen molar-refractivity contribution in [1.29, 1.82) is 0 Å². The van der Waals surface area contributed by atoms with E-state index in [-0.39, 0.29) is 18.3 Å². The highest BCUT2D eigenvalue weighted by Gasteiger charge is 2.12. The first kappa shape index (κ1) is 15.8. The molecule has 2 aromatic heterocycles. The average molecular weight is 311 g/mol. The van der Waals surface area contributed by atoms with E-state index in [1.54, 1.807) is 6.20 Å². The Kier molecular flexibility index (Phi) is 5.55. The van der Waals surface area contributed by atoms with Gasteiger partial charge in [0, 0.05) is 38.6 Å². The number of amides is 1. The van der Waals surface area contributed by atoms with E-state index in [9.17, 15) is 4.79 Å². The van der Waals surface area contributed by atoms with Crippen LogP contribution in [0.4, 0.5) is 0 Å². The van der Waals surface area contributed by atoms with E-state index in [4.69, 9.17) is 4.74 Å². The maximum atomic E-state index is 12.0. The van der Waals surface area contributed by atoms with Crippen LogP contribution in [0.15, 0.2) is 30.6 Å². The van der Waals surface area contributed by atoms with Crippen LogP contribution < -0.4 is 5.32 Å². The first-order valence-corrected chi connectivity index (χ1v) is 6.85. The predicted molar refractivity (Wildman–Crippen MR) is 82.0 cm³/mol. The van der Waals surface area contributed by atoms with Gasteiger partial charge in [-0.2, -0.15) is 0 Å². The fourth-order valence-corrected chi connectivity index (χ4v) is 2.29. The monoisotopic (exact) mass is 310 g/mol. The van der Waals surface area contributed by atoms with Gasteiger partial charge in [-0.05, 0) is 12.1 Å². The van der Waals surface area contributed by atoms with Crippen LogP contribution in [0.1, 0.15) is 10.5 Å². The highest BCUT2D eigenvalue weighted by atomic mass is 35.5. The van der Waals surface area contributed by atoms with Gasteiger partial charge in [-0.1, -0.05) is 6.07 Å². The standard InChI is InChI=1S/C14H18N4O2.ClH/c19-14(15-4-6-17-7-9-20-10-8-17)12-11-18-5-2-1-3-13(18)16-12;/h1-3,5,11H,4,6-10H2,(H,15,19);1H. The second-order valence-corrected chi connectivity index (χ2v) is 4.80. The molecule has 0 bridgehead atoms. The van der Waals surface area contributed by atoms with Crippen molar-refractivity contribution in [2.45, 2.75) is 0 Å². The number of carbonyl (C=O) groups is 1. The molecule has 0 radical (unpaired) electrons. The largest absolute Gasteiger partial charge is 0.379 e. The SMILES string of the molecule is Cl.O=C(NCCN1CCOCC1)c1cn2ccccc2n1. The molecule has 0 aromatic carbocycles. The van der Waals surface area contributed by atoms with Gasteiger partial charge < -0.3 is 14.5 Å². The highest BCUT2D eigenvalue weighted by Crippen LogP contribution is 2.04. The van der Waals surface area contributed by atoms with Crippen LogP contribution in [-0.4, -0.2) is 59.6 Å². The Morgan fingerprint density at radius 3 is 2.90 bits per heavy atom. The summed E-state index contributed by atoms with van der Waals surface area (Å²) in [7, 11) is 0. The lowest BCUT2D eigenvalue weighted by Gasteiger charge is -2.26. The molecule has 1 amide bonds. The van der Waals surface area contributed by atoms with Crippen molar-refractivity contribution < 1.29 is 9.53 Å². The number of imidazole rings is 1. The molecule has 1 fully saturated rings. The molecule has 0 atom stereocenters. The van der Waals surface area contributed by atoms with Gasteiger partial charge in [0.25, 0.3) is 5.91 Å². The number of nitrogens with one attached hydrogen (secondary N) is 1. The minimum Gasteiger partial charge on any atom is -0.379 e. The molecule has 7 heteroatoms. The number of aromatic nitrogens is 2. The van der Waals surface area contributed by atoms with Crippen molar-refractivity contribution in [3.63, 3.8) is 0 Å². The Morgan fingerprint density at radius 1 is 1.33 bits per heavy atom. The number of carbonyl (C=O) groups excluding carboxylic acids is 1. The molecule has 0 aliphatic carbocycles. The van der Waals surface area contributed by atoms with Crippen LogP contribution >= 0.6 is 12.4 Å². The van der Waals surface area contributed by atoms with E-state index in [1.165, 1.54) is 0 Å². The fraction of sp³-hybridized carbons (Fsp3) is 0.429.